The molecule has 1 aromatic carbocycles. The molecule has 1 aliphatic heterocycles. The maximum atomic E-state index is 8.88. The molecule has 0 amide bonds. The van der Waals surface area contributed by atoms with Crippen LogP contribution in [0.25, 0.3) is 0 Å². The van der Waals surface area contributed by atoms with Gasteiger partial charge in [0, 0.05) is 13.1 Å². The van der Waals surface area contributed by atoms with Crippen LogP contribution in [0.4, 0.5) is 11.4 Å². The lowest BCUT2D eigenvalue weighted by Gasteiger charge is -2.25. The van der Waals surface area contributed by atoms with E-state index in [1.54, 1.807) is 6.07 Å². The summed E-state index contributed by atoms with van der Waals surface area (Å²) in [5.41, 5.74) is 9.95. The molecule has 110 valence electrons. The quantitative estimate of drug-likeness (QED) is 0.448. The molecule has 0 aliphatic carbocycles. The first-order chi connectivity index (χ1) is 10.2. The van der Waals surface area contributed by atoms with Gasteiger partial charge in [-0.2, -0.15) is 10.4 Å². The van der Waals surface area contributed by atoms with Gasteiger partial charge in [-0.1, -0.05) is 25.0 Å². The number of anilines is 2. The van der Waals surface area contributed by atoms with Crippen molar-refractivity contribution in [1.82, 2.24) is 0 Å². The van der Waals surface area contributed by atoms with E-state index in [9.17, 15) is 0 Å². The summed E-state index contributed by atoms with van der Waals surface area (Å²) in [6, 6.07) is 9.67. The van der Waals surface area contributed by atoms with E-state index in [2.05, 4.69) is 15.4 Å². The van der Waals surface area contributed by atoms with Crippen molar-refractivity contribution in [3.05, 3.63) is 24.3 Å². The Hall–Kier alpha value is -2.55. The van der Waals surface area contributed by atoms with Gasteiger partial charge >= 0.3 is 0 Å². The number of nitrogens with zero attached hydrogens (tertiary/aromatic N) is 3. The van der Waals surface area contributed by atoms with Gasteiger partial charge in [0.25, 0.3) is 0 Å². The molecule has 1 heterocycles. The lowest BCUT2D eigenvalue weighted by Crippen LogP contribution is -2.25. The van der Waals surface area contributed by atoms with E-state index < -0.39 is 0 Å². The molecular weight excluding hydrogens is 264 g/mol. The summed E-state index contributed by atoms with van der Waals surface area (Å²) in [6.07, 6.45) is 4.92. The van der Waals surface area contributed by atoms with Crippen molar-refractivity contribution < 1.29 is 0 Å². The van der Waals surface area contributed by atoms with Crippen molar-refractivity contribution in [2.75, 3.05) is 23.4 Å². The summed E-state index contributed by atoms with van der Waals surface area (Å²) in [5, 5.41) is 20.1. The molecule has 0 atom stereocenters. The minimum absolute atomic E-state index is 0.110. The maximum absolute atomic E-state index is 8.88. The second-order valence-electron chi connectivity index (χ2n) is 5.02. The number of hydrazone groups is 1. The summed E-state index contributed by atoms with van der Waals surface area (Å²) in [5.74, 6) is -0.336. The minimum Gasteiger partial charge on any atom is -0.382 e. The van der Waals surface area contributed by atoms with E-state index in [0.29, 0.717) is 0 Å². The molecule has 1 aliphatic rings. The molecule has 4 N–H and O–H groups in total. The largest absolute Gasteiger partial charge is 0.382 e. The number of benzene rings is 1. The summed E-state index contributed by atoms with van der Waals surface area (Å²) in [6.45, 7) is 2.06. The zero-order chi connectivity index (χ0) is 15.1. The summed E-state index contributed by atoms with van der Waals surface area (Å²) in [4.78, 5) is 2.34. The highest BCUT2D eigenvalue weighted by Gasteiger charge is 2.13. The van der Waals surface area contributed by atoms with Crippen LogP contribution in [-0.4, -0.2) is 24.6 Å². The van der Waals surface area contributed by atoms with Crippen LogP contribution < -0.4 is 16.1 Å². The van der Waals surface area contributed by atoms with E-state index in [1.165, 1.54) is 25.7 Å². The molecule has 0 spiro atoms. The van der Waals surface area contributed by atoms with Crippen LogP contribution in [0.1, 0.15) is 25.7 Å². The van der Waals surface area contributed by atoms with Gasteiger partial charge in [0.05, 0.1) is 11.4 Å². The van der Waals surface area contributed by atoms with Crippen molar-refractivity contribution in [2.24, 2.45) is 10.8 Å². The number of para-hydroxylation sites is 2. The van der Waals surface area contributed by atoms with Gasteiger partial charge in [0.1, 0.15) is 6.07 Å². The second kappa shape index (κ2) is 7.29. The van der Waals surface area contributed by atoms with Gasteiger partial charge in [-0.3, -0.25) is 10.8 Å². The monoisotopic (exact) mass is 284 g/mol. The van der Waals surface area contributed by atoms with Crippen LogP contribution in [0.2, 0.25) is 0 Å². The van der Waals surface area contributed by atoms with Gasteiger partial charge in [-0.15, -0.1) is 0 Å². The molecule has 0 radical (unpaired) electrons. The Labute approximate surface area is 124 Å². The van der Waals surface area contributed by atoms with Gasteiger partial charge < -0.3 is 10.6 Å². The zero-order valence-corrected chi connectivity index (χ0v) is 12.0. The first kappa shape index (κ1) is 14.9. The van der Waals surface area contributed by atoms with Gasteiger partial charge in [0.15, 0.2) is 5.84 Å². The van der Waals surface area contributed by atoms with Crippen LogP contribution >= 0.6 is 0 Å². The van der Waals surface area contributed by atoms with Crippen LogP contribution in [0.3, 0.4) is 0 Å². The number of hydrogen-bond donors (Lipinski definition) is 3. The maximum Gasteiger partial charge on any atom is 0.201 e. The fourth-order valence-electron chi connectivity index (χ4n) is 2.42. The molecule has 0 bridgehead atoms. The molecule has 2 rings (SSSR count). The zero-order valence-electron chi connectivity index (χ0n) is 12.0. The normalized spacial score (nSPS) is 16.0. The first-order valence-corrected chi connectivity index (χ1v) is 7.14. The molecule has 1 aromatic rings. The molecule has 1 fully saturated rings. The lowest BCUT2D eigenvalue weighted by atomic mass is 10.2. The SMILES string of the molecule is N#C/C(=N\Nc1ccccc1N1CCCCCC1)C(=N)N. The van der Waals surface area contributed by atoms with Crippen LogP contribution in [0, 0.1) is 16.7 Å². The molecule has 1 saturated heterocycles. The Morgan fingerprint density at radius 1 is 1.24 bits per heavy atom. The smallest absolute Gasteiger partial charge is 0.201 e. The Balaban J connectivity index is 2.20. The lowest BCUT2D eigenvalue weighted by molar-refractivity contribution is 0.726. The van der Waals surface area contributed by atoms with Crippen molar-refractivity contribution in [2.45, 2.75) is 25.7 Å². The van der Waals surface area contributed by atoms with Crippen molar-refractivity contribution in [3.63, 3.8) is 0 Å². The van der Waals surface area contributed by atoms with E-state index >= 15 is 0 Å². The van der Waals surface area contributed by atoms with E-state index in [-0.39, 0.29) is 11.5 Å². The average molecular weight is 284 g/mol. The van der Waals surface area contributed by atoms with Gasteiger partial charge in [0.2, 0.25) is 5.71 Å². The molecule has 21 heavy (non-hydrogen) atoms. The topological polar surface area (TPSA) is 101 Å². The van der Waals surface area contributed by atoms with Gasteiger partial charge in [-0.25, -0.2) is 0 Å². The fraction of sp³-hybridized carbons (Fsp3) is 0.400. The summed E-state index contributed by atoms with van der Waals surface area (Å²) >= 11 is 0. The van der Waals surface area contributed by atoms with E-state index in [1.807, 2.05) is 24.3 Å². The Kier molecular flexibility index (Phi) is 5.16. The molecular formula is C15H20N6. The Morgan fingerprint density at radius 2 is 1.90 bits per heavy atom. The summed E-state index contributed by atoms with van der Waals surface area (Å²) < 4.78 is 0. The number of nitrogens with one attached hydrogen (secondary N) is 2. The second-order valence-corrected chi connectivity index (χ2v) is 5.02. The predicted octanol–water partition coefficient (Wildman–Crippen LogP) is 2.29. The third kappa shape index (κ3) is 3.96. The minimum atomic E-state index is -0.336. The predicted molar refractivity (Wildman–Crippen MR) is 85.7 cm³/mol. The highest BCUT2D eigenvalue weighted by atomic mass is 15.3. The van der Waals surface area contributed by atoms with Crippen LogP contribution in [0.5, 0.6) is 0 Å². The van der Waals surface area contributed by atoms with Crippen LogP contribution in [-0.2, 0) is 0 Å². The first-order valence-electron chi connectivity index (χ1n) is 7.14. The Morgan fingerprint density at radius 3 is 2.52 bits per heavy atom. The van der Waals surface area contributed by atoms with Crippen molar-refractivity contribution >= 4 is 22.9 Å². The standard InChI is InChI=1S/C15H20N6/c16-11-13(15(17)18)20-19-12-7-3-4-8-14(12)21-9-5-1-2-6-10-21/h3-4,7-8,19H,1-2,5-6,9-10H2,(H3,17,18)/b20-13+. The van der Waals surface area contributed by atoms with Crippen LogP contribution in [0.15, 0.2) is 29.4 Å². The third-order valence-corrected chi connectivity index (χ3v) is 3.50. The average Bonchev–Trinajstić information content (AvgIpc) is 2.77. The van der Waals surface area contributed by atoms with Gasteiger partial charge in [-0.05, 0) is 25.0 Å². The number of hydrogen-bond acceptors (Lipinski definition) is 5. The molecule has 0 unspecified atom stereocenters. The number of nitrogens with two attached hydrogens (primary N) is 1. The third-order valence-electron chi connectivity index (χ3n) is 3.50. The molecule has 0 saturated carbocycles. The number of rotatable bonds is 4. The van der Waals surface area contributed by atoms with Crippen molar-refractivity contribution in [3.8, 4) is 6.07 Å². The molecule has 0 aromatic heterocycles. The molecule has 6 nitrogen and oxygen atoms in total. The molecule has 6 heteroatoms. The van der Waals surface area contributed by atoms with E-state index in [0.717, 1.165) is 24.5 Å². The van der Waals surface area contributed by atoms with E-state index in [4.69, 9.17) is 16.4 Å². The Bertz CT molecular complexity index is 564. The number of amidine groups is 1. The fourth-order valence-corrected chi connectivity index (χ4v) is 2.42. The highest BCUT2D eigenvalue weighted by Crippen LogP contribution is 2.27. The summed E-state index contributed by atoms with van der Waals surface area (Å²) in [7, 11) is 0. The van der Waals surface area contributed by atoms with Crippen molar-refractivity contribution in [1.29, 1.82) is 10.7 Å². The highest BCUT2D eigenvalue weighted by molar-refractivity contribution is 6.45. The number of nitriles is 1.